The van der Waals surface area contributed by atoms with Crippen molar-refractivity contribution in [1.82, 2.24) is 9.97 Å². The van der Waals surface area contributed by atoms with Gasteiger partial charge in [0, 0.05) is 6.07 Å². The summed E-state index contributed by atoms with van der Waals surface area (Å²) in [6.45, 7) is 0.408. The van der Waals surface area contributed by atoms with Gasteiger partial charge in [0.1, 0.15) is 23.9 Å². The molecule has 0 saturated heterocycles. The van der Waals surface area contributed by atoms with E-state index in [-0.39, 0.29) is 11.6 Å². The van der Waals surface area contributed by atoms with Crippen LogP contribution in [0.15, 0.2) is 58.5 Å². The maximum atomic E-state index is 11.9. The fourth-order valence-corrected chi connectivity index (χ4v) is 2.40. The van der Waals surface area contributed by atoms with Crippen molar-refractivity contribution in [3.63, 3.8) is 0 Å². The fraction of sp³-hybridized carbons (Fsp3) is 0.111. The zero-order valence-electron chi connectivity index (χ0n) is 13.9. The minimum absolute atomic E-state index is 0.173. The van der Waals surface area contributed by atoms with E-state index >= 15 is 0 Å². The first-order valence-electron chi connectivity index (χ1n) is 7.70. The lowest BCUT2D eigenvalue weighted by atomic mass is 10.1. The molecule has 0 fully saturated rings. The third-order valence-corrected chi connectivity index (χ3v) is 3.69. The van der Waals surface area contributed by atoms with Crippen LogP contribution in [0.5, 0.6) is 11.5 Å². The maximum Gasteiger partial charge on any atom is 0.282 e. The second-order valence-electron chi connectivity index (χ2n) is 5.38. The number of nitrogens with zero attached hydrogens (tertiary/aromatic N) is 2. The average Bonchev–Trinajstić information content (AvgIpc) is 2.66. The summed E-state index contributed by atoms with van der Waals surface area (Å²) in [5.41, 5.74) is 5.99. The summed E-state index contributed by atoms with van der Waals surface area (Å²) in [5, 5.41) is 2.58. The highest BCUT2D eigenvalue weighted by atomic mass is 16.5. The van der Waals surface area contributed by atoms with Gasteiger partial charge in [0.2, 0.25) is 5.69 Å². The van der Waals surface area contributed by atoms with Crippen molar-refractivity contribution < 1.29 is 9.47 Å². The van der Waals surface area contributed by atoms with E-state index in [0.717, 1.165) is 5.56 Å². The van der Waals surface area contributed by atoms with E-state index in [2.05, 4.69) is 15.1 Å². The van der Waals surface area contributed by atoms with Crippen molar-refractivity contribution in [2.75, 3.05) is 12.8 Å². The Labute approximate surface area is 148 Å². The summed E-state index contributed by atoms with van der Waals surface area (Å²) in [4.78, 5) is 29.0. The number of benzene rings is 2. The van der Waals surface area contributed by atoms with Crippen LogP contribution >= 0.6 is 0 Å². The van der Waals surface area contributed by atoms with Crippen LogP contribution in [-0.2, 0) is 6.61 Å². The van der Waals surface area contributed by atoms with Gasteiger partial charge in [-0.1, -0.05) is 30.3 Å². The summed E-state index contributed by atoms with van der Waals surface area (Å²) in [7, 11) is 1.49. The predicted molar refractivity (Wildman–Crippen MR) is 97.5 cm³/mol. The zero-order chi connectivity index (χ0) is 18.5. The average molecular weight is 352 g/mol. The van der Waals surface area contributed by atoms with Gasteiger partial charge in [-0.15, -0.1) is 4.91 Å². The molecule has 132 valence electrons. The molecule has 0 saturated carbocycles. The van der Waals surface area contributed by atoms with Gasteiger partial charge in [-0.05, 0) is 22.9 Å². The standard InChI is InChI=1S/C18H16N4O4/c1-25-14-9-12(26-10-11-5-3-2-4-6-11)7-8-13(14)17-20-16(19)15(22-24)18(23)21-17/h2-9H,10H2,1H3,(H3,19,20,21,23). The van der Waals surface area contributed by atoms with Gasteiger partial charge < -0.3 is 20.2 Å². The maximum absolute atomic E-state index is 11.9. The summed E-state index contributed by atoms with van der Waals surface area (Å²) in [5.74, 6) is 0.956. The lowest BCUT2D eigenvalue weighted by Crippen LogP contribution is -2.12. The quantitative estimate of drug-likeness (QED) is 0.658. The van der Waals surface area contributed by atoms with Gasteiger partial charge in [0.25, 0.3) is 5.56 Å². The summed E-state index contributed by atoms with van der Waals surface area (Å²) >= 11 is 0. The molecule has 1 aromatic heterocycles. The third kappa shape index (κ3) is 3.54. The molecule has 0 bridgehead atoms. The Kier molecular flexibility index (Phi) is 4.93. The third-order valence-electron chi connectivity index (χ3n) is 3.69. The van der Waals surface area contributed by atoms with E-state index in [4.69, 9.17) is 15.2 Å². The number of hydrogen-bond acceptors (Lipinski definition) is 7. The van der Waals surface area contributed by atoms with E-state index < -0.39 is 11.2 Å². The van der Waals surface area contributed by atoms with Crippen LogP contribution in [0.4, 0.5) is 11.5 Å². The van der Waals surface area contributed by atoms with Crippen molar-refractivity contribution in [1.29, 1.82) is 0 Å². The normalized spacial score (nSPS) is 10.3. The van der Waals surface area contributed by atoms with E-state index in [1.807, 2.05) is 30.3 Å². The summed E-state index contributed by atoms with van der Waals surface area (Å²) in [6, 6.07) is 14.8. The van der Waals surface area contributed by atoms with Crippen LogP contribution in [0.3, 0.4) is 0 Å². The molecule has 0 radical (unpaired) electrons. The highest BCUT2D eigenvalue weighted by molar-refractivity contribution is 5.69. The number of H-pyrrole nitrogens is 1. The van der Waals surface area contributed by atoms with Crippen molar-refractivity contribution in [3.05, 3.63) is 69.4 Å². The lowest BCUT2D eigenvalue weighted by molar-refractivity contribution is 0.304. The number of aromatic amines is 1. The first-order chi connectivity index (χ1) is 12.6. The van der Waals surface area contributed by atoms with Crippen LogP contribution in [0.2, 0.25) is 0 Å². The number of aromatic nitrogens is 2. The molecular formula is C18H16N4O4. The molecule has 1 heterocycles. The Morgan fingerprint density at radius 1 is 1.19 bits per heavy atom. The molecule has 0 aliphatic heterocycles. The van der Waals surface area contributed by atoms with Crippen LogP contribution in [-0.4, -0.2) is 17.1 Å². The molecule has 0 unspecified atom stereocenters. The molecular weight excluding hydrogens is 336 g/mol. The molecule has 8 nitrogen and oxygen atoms in total. The molecule has 3 rings (SSSR count). The van der Waals surface area contributed by atoms with E-state index in [0.29, 0.717) is 23.7 Å². The Balaban J connectivity index is 1.90. The molecule has 0 atom stereocenters. The van der Waals surface area contributed by atoms with Crippen LogP contribution < -0.4 is 20.8 Å². The Morgan fingerprint density at radius 2 is 1.96 bits per heavy atom. The number of methoxy groups -OCH3 is 1. The van der Waals surface area contributed by atoms with Crippen LogP contribution in [0.1, 0.15) is 5.56 Å². The van der Waals surface area contributed by atoms with E-state index in [1.165, 1.54) is 7.11 Å². The largest absolute Gasteiger partial charge is 0.496 e. The molecule has 0 aliphatic rings. The monoisotopic (exact) mass is 352 g/mol. The molecule has 8 heteroatoms. The van der Waals surface area contributed by atoms with E-state index in [9.17, 15) is 9.70 Å². The molecule has 3 aromatic rings. The van der Waals surface area contributed by atoms with Gasteiger partial charge in [-0.25, -0.2) is 4.98 Å². The Hall–Kier alpha value is -3.68. The number of nitrogen functional groups attached to an aromatic ring is 1. The minimum Gasteiger partial charge on any atom is -0.496 e. The molecule has 0 aliphatic carbocycles. The highest BCUT2D eigenvalue weighted by Crippen LogP contribution is 2.32. The molecule has 26 heavy (non-hydrogen) atoms. The number of nitrogens with two attached hydrogens (primary N) is 1. The topological polar surface area (TPSA) is 120 Å². The second kappa shape index (κ2) is 7.47. The fourth-order valence-electron chi connectivity index (χ4n) is 2.40. The smallest absolute Gasteiger partial charge is 0.282 e. The Morgan fingerprint density at radius 3 is 2.62 bits per heavy atom. The van der Waals surface area contributed by atoms with Crippen LogP contribution in [0.25, 0.3) is 11.4 Å². The van der Waals surface area contributed by atoms with Crippen molar-refractivity contribution in [2.24, 2.45) is 5.18 Å². The number of rotatable bonds is 6. The van der Waals surface area contributed by atoms with Crippen molar-refractivity contribution >= 4 is 11.5 Å². The Bertz CT molecular complexity index is 986. The van der Waals surface area contributed by atoms with Crippen LogP contribution in [0, 0.1) is 4.91 Å². The first-order valence-corrected chi connectivity index (χ1v) is 7.70. The zero-order valence-corrected chi connectivity index (χ0v) is 13.9. The van der Waals surface area contributed by atoms with Gasteiger partial charge in [-0.2, -0.15) is 0 Å². The highest BCUT2D eigenvalue weighted by Gasteiger charge is 2.14. The van der Waals surface area contributed by atoms with Gasteiger partial charge in [0.05, 0.1) is 12.7 Å². The molecule has 3 N–H and O–H groups in total. The number of nitroso groups, excluding NO2 is 1. The minimum atomic E-state index is -0.714. The van der Waals surface area contributed by atoms with Gasteiger partial charge >= 0.3 is 0 Å². The predicted octanol–water partition coefficient (Wildman–Crippen LogP) is 3.00. The lowest BCUT2D eigenvalue weighted by Gasteiger charge is -2.12. The molecule has 0 spiro atoms. The number of ether oxygens (including phenoxy) is 2. The van der Waals surface area contributed by atoms with Gasteiger partial charge in [0.15, 0.2) is 5.82 Å². The SMILES string of the molecule is COc1cc(OCc2ccccc2)ccc1-c1nc(N)c(N=O)c(=O)[nH]1. The number of hydrogen-bond donors (Lipinski definition) is 2. The van der Waals surface area contributed by atoms with Crippen molar-refractivity contribution in [3.8, 4) is 22.9 Å². The summed E-state index contributed by atoms with van der Waals surface area (Å²) < 4.78 is 11.1. The first kappa shape index (κ1) is 17.2. The summed E-state index contributed by atoms with van der Waals surface area (Å²) in [6.07, 6.45) is 0. The number of anilines is 1. The molecule has 2 aromatic carbocycles. The van der Waals surface area contributed by atoms with Gasteiger partial charge in [-0.3, -0.25) is 4.79 Å². The number of nitrogens with one attached hydrogen (secondary N) is 1. The van der Waals surface area contributed by atoms with Crippen molar-refractivity contribution in [2.45, 2.75) is 6.61 Å². The van der Waals surface area contributed by atoms with E-state index in [1.54, 1.807) is 18.2 Å². The second-order valence-corrected chi connectivity index (χ2v) is 5.38. The molecule has 0 amide bonds.